The van der Waals surface area contributed by atoms with Crippen LogP contribution in [0.25, 0.3) is 11.8 Å². The maximum atomic E-state index is 10.7. The van der Waals surface area contributed by atoms with E-state index >= 15 is 0 Å². The van der Waals surface area contributed by atoms with E-state index in [9.17, 15) is 5.11 Å². The van der Waals surface area contributed by atoms with Crippen LogP contribution in [0, 0.1) is 11.3 Å². The second kappa shape index (κ2) is 6.82. The Labute approximate surface area is 165 Å². The lowest BCUT2D eigenvalue weighted by Gasteiger charge is -2.36. The Balaban J connectivity index is 1.41. The number of aliphatic hydroxyl groups excluding tert-OH is 1. The first-order valence-electron chi connectivity index (χ1n) is 10.2. The molecule has 5 rings (SSSR count). The second-order valence-electron chi connectivity index (χ2n) is 8.46. The van der Waals surface area contributed by atoms with Crippen LogP contribution in [0.15, 0.2) is 47.4 Å². The molecule has 0 amide bonds. The standard InChI is InChI=1S/C23H26N4O/c1-23-13-16-14-26-27(19-5-4-9-24-15-19)21(16)11-17(23)7-8-18(23)12-22(28)20-6-2-3-10-25-20/h2-3,6,9-11,14-15,18,22,28H,4-5,7-8,12-13H2,1H3/t18-,22?,23+/m1/s1. The van der Waals surface area contributed by atoms with Gasteiger partial charge in [-0.15, -0.1) is 0 Å². The van der Waals surface area contributed by atoms with Gasteiger partial charge in [-0.25, -0.2) is 4.68 Å². The molecule has 28 heavy (non-hydrogen) atoms. The molecule has 2 aliphatic carbocycles. The van der Waals surface area contributed by atoms with Gasteiger partial charge in [-0.05, 0) is 73.6 Å². The summed E-state index contributed by atoms with van der Waals surface area (Å²) in [5, 5.41) is 15.4. The summed E-state index contributed by atoms with van der Waals surface area (Å²) in [5.41, 5.74) is 6.07. The maximum absolute atomic E-state index is 10.7. The van der Waals surface area contributed by atoms with Gasteiger partial charge in [-0.3, -0.25) is 9.98 Å². The van der Waals surface area contributed by atoms with Crippen LogP contribution in [0.2, 0.25) is 0 Å². The first-order chi connectivity index (χ1) is 13.6. The maximum Gasteiger partial charge on any atom is 0.0962 e. The Bertz CT molecular complexity index is 972. The van der Waals surface area contributed by atoms with Crippen molar-refractivity contribution in [3.63, 3.8) is 0 Å². The molecule has 0 bridgehead atoms. The lowest BCUT2D eigenvalue weighted by molar-refractivity contribution is 0.109. The molecular formula is C23H26N4O. The molecule has 1 aliphatic heterocycles. The summed E-state index contributed by atoms with van der Waals surface area (Å²) in [6.07, 6.45) is 15.5. The van der Waals surface area contributed by atoms with Crippen LogP contribution in [0.5, 0.6) is 0 Å². The third-order valence-electron chi connectivity index (χ3n) is 6.82. The second-order valence-corrected chi connectivity index (χ2v) is 8.46. The van der Waals surface area contributed by atoms with Gasteiger partial charge in [-0.1, -0.05) is 18.6 Å². The van der Waals surface area contributed by atoms with Crippen molar-refractivity contribution in [1.82, 2.24) is 14.8 Å². The molecule has 3 heterocycles. The van der Waals surface area contributed by atoms with E-state index in [1.165, 1.54) is 22.5 Å². The van der Waals surface area contributed by atoms with Crippen LogP contribution in [-0.2, 0) is 6.42 Å². The number of fused-ring (bicyclic) bond motifs is 2. The van der Waals surface area contributed by atoms with E-state index in [2.05, 4.69) is 32.8 Å². The third-order valence-corrected chi connectivity index (χ3v) is 6.82. The molecule has 1 N–H and O–H groups in total. The molecule has 1 unspecified atom stereocenters. The zero-order valence-electron chi connectivity index (χ0n) is 16.3. The van der Waals surface area contributed by atoms with Crippen molar-refractivity contribution in [1.29, 1.82) is 0 Å². The molecule has 2 aromatic heterocycles. The lowest BCUT2D eigenvalue weighted by atomic mass is 9.68. The predicted octanol–water partition coefficient (Wildman–Crippen LogP) is 4.42. The third kappa shape index (κ3) is 2.85. The van der Waals surface area contributed by atoms with Gasteiger partial charge in [0.05, 0.1) is 29.4 Å². The van der Waals surface area contributed by atoms with E-state index < -0.39 is 6.10 Å². The number of aliphatic hydroxyl groups is 1. The molecule has 2 aromatic rings. The molecule has 3 atom stereocenters. The monoisotopic (exact) mass is 374 g/mol. The SMILES string of the molecule is C[C@]12Cc3cnn(C4=CN=CCC4)c3C=C1CC[C@@H]2CC(O)c1ccccn1. The topological polar surface area (TPSA) is 63.3 Å². The van der Waals surface area contributed by atoms with Crippen LogP contribution in [0.3, 0.4) is 0 Å². The Hall–Kier alpha value is -2.53. The van der Waals surface area contributed by atoms with Crippen molar-refractivity contribution in [3.8, 4) is 0 Å². The fraction of sp³-hybridized carbons (Fsp3) is 0.435. The number of aliphatic imine (C=N–C) groups is 1. The van der Waals surface area contributed by atoms with E-state index in [4.69, 9.17) is 0 Å². The number of hydrogen-bond acceptors (Lipinski definition) is 4. The molecule has 5 heteroatoms. The van der Waals surface area contributed by atoms with E-state index in [1.807, 2.05) is 36.8 Å². The van der Waals surface area contributed by atoms with Crippen LogP contribution in [-0.4, -0.2) is 26.1 Å². The minimum absolute atomic E-state index is 0.0930. The van der Waals surface area contributed by atoms with Gasteiger partial charge in [0.2, 0.25) is 0 Å². The summed E-state index contributed by atoms with van der Waals surface area (Å²) in [6, 6.07) is 5.75. The smallest absolute Gasteiger partial charge is 0.0962 e. The fourth-order valence-corrected chi connectivity index (χ4v) is 5.15. The van der Waals surface area contributed by atoms with Gasteiger partial charge >= 0.3 is 0 Å². The van der Waals surface area contributed by atoms with Gasteiger partial charge in [0.25, 0.3) is 0 Å². The average molecular weight is 374 g/mol. The van der Waals surface area contributed by atoms with E-state index in [0.29, 0.717) is 5.92 Å². The Morgan fingerprint density at radius 1 is 1.32 bits per heavy atom. The van der Waals surface area contributed by atoms with Crippen molar-refractivity contribution in [3.05, 3.63) is 59.3 Å². The molecule has 0 aromatic carbocycles. The summed E-state index contributed by atoms with van der Waals surface area (Å²) in [6.45, 7) is 2.37. The lowest BCUT2D eigenvalue weighted by Crippen LogP contribution is -2.30. The fourth-order valence-electron chi connectivity index (χ4n) is 5.15. The normalized spacial score (nSPS) is 27.0. The zero-order valence-corrected chi connectivity index (χ0v) is 16.3. The summed E-state index contributed by atoms with van der Waals surface area (Å²) in [7, 11) is 0. The number of nitrogens with zero attached hydrogens (tertiary/aromatic N) is 4. The van der Waals surface area contributed by atoms with E-state index in [1.54, 1.807) is 6.20 Å². The van der Waals surface area contributed by atoms with Crippen LogP contribution in [0.1, 0.15) is 62.1 Å². The van der Waals surface area contributed by atoms with Gasteiger partial charge < -0.3 is 5.11 Å². The quantitative estimate of drug-likeness (QED) is 0.861. The van der Waals surface area contributed by atoms with Gasteiger partial charge in [0.1, 0.15) is 0 Å². The highest BCUT2D eigenvalue weighted by atomic mass is 16.3. The van der Waals surface area contributed by atoms with Crippen molar-refractivity contribution in [2.24, 2.45) is 16.3 Å². The van der Waals surface area contributed by atoms with Gasteiger partial charge in [-0.2, -0.15) is 5.10 Å². The minimum atomic E-state index is -0.503. The number of pyridine rings is 1. The largest absolute Gasteiger partial charge is 0.387 e. The van der Waals surface area contributed by atoms with Gasteiger partial charge in [0, 0.05) is 18.6 Å². The highest BCUT2D eigenvalue weighted by Crippen LogP contribution is 2.55. The summed E-state index contributed by atoms with van der Waals surface area (Å²) in [5.74, 6) is 0.450. The van der Waals surface area contributed by atoms with Crippen molar-refractivity contribution < 1.29 is 5.11 Å². The Kier molecular flexibility index (Phi) is 4.27. The number of hydrogen-bond donors (Lipinski definition) is 1. The average Bonchev–Trinajstić information content (AvgIpc) is 3.27. The summed E-state index contributed by atoms with van der Waals surface area (Å²) < 4.78 is 2.08. The van der Waals surface area contributed by atoms with E-state index in [0.717, 1.165) is 44.2 Å². The number of rotatable bonds is 4. The number of aromatic nitrogens is 3. The van der Waals surface area contributed by atoms with Crippen molar-refractivity contribution in [2.45, 2.75) is 51.6 Å². The first-order valence-corrected chi connectivity index (χ1v) is 10.2. The molecule has 5 nitrogen and oxygen atoms in total. The zero-order chi connectivity index (χ0) is 19.1. The highest BCUT2D eigenvalue weighted by Gasteiger charge is 2.46. The van der Waals surface area contributed by atoms with E-state index in [-0.39, 0.29) is 5.41 Å². The van der Waals surface area contributed by atoms with Gasteiger partial charge in [0.15, 0.2) is 0 Å². The molecule has 0 spiro atoms. The summed E-state index contributed by atoms with van der Waals surface area (Å²) in [4.78, 5) is 8.66. The van der Waals surface area contributed by atoms with Crippen molar-refractivity contribution in [2.75, 3.05) is 0 Å². The number of allylic oxidation sites excluding steroid dienone is 2. The first kappa shape index (κ1) is 17.6. The van der Waals surface area contributed by atoms with Crippen molar-refractivity contribution >= 4 is 18.0 Å². The molecule has 1 fully saturated rings. The minimum Gasteiger partial charge on any atom is -0.387 e. The molecule has 0 radical (unpaired) electrons. The summed E-state index contributed by atoms with van der Waals surface area (Å²) >= 11 is 0. The van der Waals surface area contributed by atoms with Crippen LogP contribution < -0.4 is 0 Å². The molecule has 0 saturated heterocycles. The Morgan fingerprint density at radius 3 is 3.04 bits per heavy atom. The predicted molar refractivity (Wildman–Crippen MR) is 111 cm³/mol. The molecule has 1 saturated carbocycles. The molecule has 3 aliphatic rings. The molecule has 144 valence electrons. The van der Waals surface area contributed by atoms with Crippen LogP contribution >= 0.6 is 0 Å². The Morgan fingerprint density at radius 2 is 2.25 bits per heavy atom. The van der Waals surface area contributed by atoms with Crippen LogP contribution in [0.4, 0.5) is 0 Å². The molecular weight excluding hydrogens is 348 g/mol. The highest BCUT2D eigenvalue weighted by molar-refractivity contribution is 5.69.